The number of nitrogens with one attached hydrogen (secondary N) is 2. The van der Waals surface area contributed by atoms with Crippen LogP contribution in [0, 0.1) is 0 Å². The van der Waals surface area contributed by atoms with Crippen LogP contribution in [0.2, 0.25) is 0 Å². The standard InChI is InChI=1S/C47H78N8O17/c1-3-12-55(72-4-2)46(59)39-35-41-40(52-42(48)36-39)37-51-54(41)13-7-5-6-10-50-47(60)71-34-33-70-32-31-69-30-29-68-28-27-67-26-25-66-24-23-65-22-21-64-20-19-63-18-17-62-16-15-61-14-11-49-43(56)38-53-44(57)8-9-45(53)58/h8-9,35,37H,3-7,10-34,36,38H2,1-2H3,(H2,48,52)(H,49,56)(H,50,60). The fourth-order valence-electron chi connectivity index (χ4n) is 6.41. The van der Waals surface area contributed by atoms with Crippen LogP contribution in [0.3, 0.4) is 0 Å². The second kappa shape index (κ2) is 40.5. The van der Waals surface area contributed by atoms with E-state index in [0.717, 1.165) is 48.4 Å². The molecular formula is C47H78N8O17. The van der Waals surface area contributed by atoms with Crippen LogP contribution in [0.1, 0.15) is 51.6 Å². The van der Waals surface area contributed by atoms with Gasteiger partial charge in [-0.05, 0) is 38.7 Å². The highest BCUT2D eigenvalue weighted by Crippen LogP contribution is 2.27. The first-order chi connectivity index (χ1) is 35.2. The van der Waals surface area contributed by atoms with Gasteiger partial charge in [0.25, 0.3) is 17.7 Å². The van der Waals surface area contributed by atoms with E-state index in [0.29, 0.717) is 162 Å². The molecule has 0 radical (unpaired) electrons. The van der Waals surface area contributed by atoms with Crippen LogP contribution in [-0.4, -0.2) is 227 Å². The summed E-state index contributed by atoms with van der Waals surface area (Å²) in [6.07, 6.45) is 8.61. The number of amides is 5. The molecule has 0 fully saturated rings. The van der Waals surface area contributed by atoms with Crippen molar-refractivity contribution < 1.29 is 80.9 Å². The Morgan fingerprint density at radius 1 is 0.639 bits per heavy atom. The molecule has 5 amide bonds. The number of imide groups is 1. The number of aliphatic imine (C=N–C) groups is 1. The first kappa shape index (κ1) is 61.4. The van der Waals surface area contributed by atoms with E-state index in [1.165, 1.54) is 5.06 Å². The molecule has 25 nitrogen and oxygen atoms in total. The molecule has 1 aromatic rings. The second-order valence-corrected chi connectivity index (χ2v) is 15.6. The van der Waals surface area contributed by atoms with Crippen LogP contribution >= 0.6 is 0 Å². The lowest BCUT2D eigenvalue weighted by atomic mass is 10.1. The van der Waals surface area contributed by atoms with E-state index in [1.54, 1.807) is 12.3 Å². The van der Waals surface area contributed by atoms with Crippen molar-refractivity contribution in [3.63, 3.8) is 0 Å². The Morgan fingerprint density at radius 3 is 1.61 bits per heavy atom. The van der Waals surface area contributed by atoms with Gasteiger partial charge in [-0.15, -0.1) is 0 Å². The molecule has 0 aliphatic carbocycles. The van der Waals surface area contributed by atoms with Gasteiger partial charge in [-0.25, -0.2) is 14.9 Å². The van der Waals surface area contributed by atoms with E-state index in [2.05, 4.69) is 20.7 Å². The molecule has 72 heavy (non-hydrogen) atoms. The molecule has 4 N–H and O–H groups in total. The van der Waals surface area contributed by atoms with Crippen LogP contribution in [0.5, 0.6) is 0 Å². The van der Waals surface area contributed by atoms with Crippen molar-refractivity contribution >= 4 is 47.3 Å². The summed E-state index contributed by atoms with van der Waals surface area (Å²) in [6, 6.07) is 0. The highest BCUT2D eigenvalue weighted by molar-refractivity contribution is 6.14. The van der Waals surface area contributed by atoms with Crippen molar-refractivity contribution in [3.05, 3.63) is 29.6 Å². The maximum absolute atomic E-state index is 13.2. The zero-order valence-electron chi connectivity index (χ0n) is 42.2. The molecule has 0 aromatic carbocycles. The Balaban J connectivity index is 0.969. The van der Waals surface area contributed by atoms with Crippen LogP contribution < -0.4 is 16.4 Å². The Bertz CT molecular complexity index is 1760. The summed E-state index contributed by atoms with van der Waals surface area (Å²) in [5.41, 5.74) is 7.98. The zero-order chi connectivity index (χ0) is 51.7. The van der Waals surface area contributed by atoms with Gasteiger partial charge in [0.1, 0.15) is 24.7 Å². The molecule has 408 valence electrons. The number of aryl methyl sites for hydroxylation is 1. The topological polar surface area (TPSA) is 283 Å². The largest absolute Gasteiger partial charge is 0.447 e. The quantitative estimate of drug-likeness (QED) is 0.0466. The highest BCUT2D eigenvalue weighted by Gasteiger charge is 2.26. The summed E-state index contributed by atoms with van der Waals surface area (Å²) in [6.45, 7) is 14.0. The van der Waals surface area contributed by atoms with Crippen LogP contribution in [-0.2, 0) is 82.7 Å². The minimum atomic E-state index is -0.499. The molecule has 0 spiro atoms. The number of hydroxylamine groups is 2. The number of fused-ring (bicyclic) bond motifs is 1. The van der Waals surface area contributed by atoms with Gasteiger partial charge in [-0.2, -0.15) is 5.10 Å². The first-order valence-corrected chi connectivity index (χ1v) is 24.8. The van der Waals surface area contributed by atoms with Gasteiger partial charge < -0.3 is 68.5 Å². The number of hydrogen-bond acceptors (Lipinski definition) is 20. The fourth-order valence-corrected chi connectivity index (χ4v) is 6.41. The number of ether oxygens (including phenoxy) is 11. The monoisotopic (exact) mass is 1030 g/mol. The van der Waals surface area contributed by atoms with Gasteiger partial charge in [-0.3, -0.25) is 33.6 Å². The summed E-state index contributed by atoms with van der Waals surface area (Å²) in [7, 11) is 0. The maximum atomic E-state index is 13.2. The molecule has 0 bridgehead atoms. The normalized spacial score (nSPS) is 13.3. The van der Waals surface area contributed by atoms with E-state index in [9.17, 15) is 24.0 Å². The lowest BCUT2D eigenvalue weighted by Crippen LogP contribution is -2.41. The van der Waals surface area contributed by atoms with Crippen molar-refractivity contribution in [2.75, 3.05) is 172 Å². The number of rotatable bonds is 46. The van der Waals surface area contributed by atoms with Gasteiger partial charge >= 0.3 is 6.09 Å². The number of nitrogens with two attached hydrogens (primary N) is 1. The minimum absolute atomic E-state index is 0.129. The summed E-state index contributed by atoms with van der Waals surface area (Å²) >= 11 is 0. The first-order valence-electron chi connectivity index (χ1n) is 24.8. The predicted octanol–water partition coefficient (Wildman–Crippen LogP) is 0.953. The lowest BCUT2D eigenvalue weighted by molar-refractivity contribution is -0.180. The number of unbranched alkanes of at least 4 members (excludes halogenated alkanes) is 2. The molecule has 3 heterocycles. The number of carbonyl (C=O) groups is 5. The fraction of sp³-hybridized carbons (Fsp3) is 0.723. The smallest absolute Gasteiger partial charge is 0.407 e. The molecule has 3 rings (SSSR count). The lowest BCUT2D eigenvalue weighted by Gasteiger charge is -2.21. The van der Waals surface area contributed by atoms with Gasteiger partial charge in [0.15, 0.2) is 0 Å². The minimum Gasteiger partial charge on any atom is -0.447 e. The van der Waals surface area contributed by atoms with Gasteiger partial charge in [0, 0.05) is 50.3 Å². The van der Waals surface area contributed by atoms with Crippen molar-refractivity contribution in [1.82, 2.24) is 30.4 Å². The Labute approximate surface area is 422 Å². The predicted molar refractivity (Wildman–Crippen MR) is 260 cm³/mol. The molecule has 25 heteroatoms. The third-order valence-corrected chi connectivity index (χ3v) is 9.92. The molecule has 2 aliphatic rings. The van der Waals surface area contributed by atoms with E-state index >= 15 is 0 Å². The summed E-state index contributed by atoms with van der Waals surface area (Å²) in [5.74, 6) is -1.32. The van der Waals surface area contributed by atoms with Crippen LogP contribution in [0.4, 0.5) is 10.5 Å². The average molecular weight is 1030 g/mol. The molecular weight excluding hydrogens is 949 g/mol. The maximum Gasteiger partial charge on any atom is 0.407 e. The second-order valence-electron chi connectivity index (χ2n) is 15.6. The summed E-state index contributed by atoms with van der Waals surface area (Å²) in [4.78, 5) is 70.9. The zero-order valence-corrected chi connectivity index (χ0v) is 42.2. The van der Waals surface area contributed by atoms with Crippen molar-refractivity contribution in [2.45, 2.75) is 52.5 Å². The Hall–Kier alpha value is -4.93. The molecule has 2 aliphatic heterocycles. The number of alkyl carbamates (subject to hydrolysis) is 1. The van der Waals surface area contributed by atoms with Crippen LogP contribution in [0.15, 0.2) is 28.9 Å². The van der Waals surface area contributed by atoms with Crippen molar-refractivity contribution in [1.29, 1.82) is 0 Å². The summed E-state index contributed by atoms with van der Waals surface area (Å²) in [5, 5.41) is 11.2. The molecule has 0 atom stereocenters. The van der Waals surface area contributed by atoms with E-state index in [1.807, 2.05) is 18.5 Å². The van der Waals surface area contributed by atoms with Gasteiger partial charge in [0.05, 0.1) is 151 Å². The van der Waals surface area contributed by atoms with Crippen LogP contribution in [0.25, 0.3) is 6.08 Å². The third kappa shape index (κ3) is 28.3. The number of hydrogen-bond donors (Lipinski definition) is 3. The van der Waals surface area contributed by atoms with E-state index < -0.39 is 23.8 Å². The van der Waals surface area contributed by atoms with Gasteiger partial charge in [-0.1, -0.05) is 6.92 Å². The molecule has 1 aromatic heterocycles. The van der Waals surface area contributed by atoms with Crippen molar-refractivity contribution in [3.8, 4) is 0 Å². The summed E-state index contributed by atoms with van der Waals surface area (Å²) < 4.78 is 61.7. The molecule has 0 saturated heterocycles. The molecule has 0 unspecified atom stereocenters. The Morgan fingerprint density at radius 2 is 1.12 bits per heavy atom. The Kier molecular flexibility index (Phi) is 34.6. The average Bonchev–Trinajstić information content (AvgIpc) is 3.83. The van der Waals surface area contributed by atoms with E-state index in [4.69, 9.17) is 62.7 Å². The number of aromatic nitrogens is 2. The van der Waals surface area contributed by atoms with Gasteiger partial charge in [0.2, 0.25) is 5.91 Å². The highest BCUT2D eigenvalue weighted by atomic mass is 16.7. The number of amidine groups is 1. The molecule has 0 saturated carbocycles. The number of nitrogens with zero attached hydrogens (tertiary/aromatic N) is 5. The number of carbonyl (C=O) groups excluding carboxylic acids is 5. The van der Waals surface area contributed by atoms with E-state index in [-0.39, 0.29) is 45.2 Å². The van der Waals surface area contributed by atoms with Crippen molar-refractivity contribution in [2.24, 2.45) is 10.7 Å². The third-order valence-electron chi connectivity index (χ3n) is 9.92. The SMILES string of the molecule is CCCN(OCC)C(=O)C1=Cc2c(cnn2CCCCCNC(=O)OCCOCCOCCOCCOCCOCCOCCOCCOCCOCCOCCNC(=O)CN2C(=O)C=CC2=O)N=C(N)C1.